The van der Waals surface area contributed by atoms with E-state index in [9.17, 15) is 4.79 Å². The van der Waals surface area contributed by atoms with Crippen LogP contribution >= 0.6 is 0 Å². The Hall–Kier alpha value is -1.34. The van der Waals surface area contributed by atoms with Crippen LogP contribution in [0.1, 0.15) is 30.9 Å². The zero-order valence-electron chi connectivity index (χ0n) is 9.50. The third-order valence-corrected chi connectivity index (χ3v) is 3.20. The fourth-order valence-electron chi connectivity index (χ4n) is 2.35. The lowest BCUT2D eigenvalue weighted by molar-refractivity contribution is -0.145. The molecule has 1 aromatic heterocycles. The van der Waals surface area contributed by atoms with Gasteiger partial charge in [-0.2, -0.15) is 0 Å². The first-order chi connectivity index (χ1) is 8.13. The molecule has 1 fully saturated rings. The molecule has 0 radical (unpaired) electrons. The lowest BCUT2D eigenvalue weighted by Crippen LogP contribution is -2.28. The van der Waals surface area contributed by atoms with Gasteiger partial charge in [-0.15, -0.1) is 0 Å². The molecule has 0 aliphatic heterocycles. The van der Waals surface area contributed by atoms with E-state index in [2.05, 4.69) is 5.16 Å². The second-order valence-electron chi connectivity index (χ2n) is 4.19. The summed E-state index contributed by atoms with van der Waals surface area (Å²) in [5.41, 5.74) is 0.580. The molecule has 6 nitrogen and oxygen atoms in total. The van der Waals surface area contributed by atoms with Crippen LogP contribution in [-0.2, 0) is 9.53 Å². The molecule has 1 aromatic rings. The minimum atomic E-state index is -1.67. The quantitative estimate of drug-likeness (QED) is 0.541. The average molecular weight is 239 g/mol. The van der Waals surface area contributed by atoms with Crippen molar-refractivity contribution in [1.82, 2.24) is 5.16 Å². The first kappa shape index (κ1) is 12.1. The number of rotatable bonds is 3. The normalized spacial score (nSPS) is 23.7. The van der Waals surface area contributed by atoms with Gasteiger partial charge in [0.2, 0.25) is 0 Å². The van der Waals surface area contributed by atoms with E-state index in [0.717, 1.165) is 19.3 Å². The zero-order chi connectivity index (χ0) is 12.4. The Morgan fingerprint density at radius 2 is 2.35 bits per heavy atom. The number of esters is 1. The highest BCUT2D eigenvalue weighted by atomic mass is 16.5. The summed E-state index contributed by atoms with van der Waals surface area (Å²) in [4.78, 5) is 11.6. The van der Waals surface area contributed by atoms with Crippen molar-refractivity contribution >= 4 is 18.7 Å². The Balaban J connectivity index is 2.17. The Bertz CT molecular complexity index is 405. The average Bonchev–Trinajstić information content (AvgIpc) is 2.95. The predicted octanol–water partition coefficient (Wildman–Crippen LogP) is -0.589. The number of hydrogen-bond donors (Lipinski definition) is 2. The van der Waals surface area contributed by atoms with Gasteiger partial charge in [0.25, 0.3) is 0 Å². The van der Waals surface area contributed by atoms with E-state index in [1.165, 1.54) is 13.2 Å². The molecule has 2 rings (SSSR count). The van der Waals surface area contributed by atoms with Crippen molar-refractivity contribution < 1.29 is 24.1 Å². The molecule has 0 unspecified atom stereocenters. The summed E-state index contributed by atoms with van der Waals surface area (Å²) >= 11 is 0. The lowest BCUT2D eigenvalue weighted by Gasteiger charge is -2.14. The SMILES string of the molecule is COC(=O)[C@@H]1CCC[C@H]1c1cc(B(O)O)on1. The fraction of sp³-hybridized carbons (Fsp3) is 0.600. The Labute approximate surface area is 98.7 Å². The molecule has 1 aliphatic carbocycles. The summed E-state index contributed by atoms with van der Waals surface area (Å²) in [6, 6.07) is 1.48. The number of nitrogens with zero attached hydrogens (tertiary/aromatic N) is 1. The van der Waals surface area contributed by atoms with Gasteiger partial charge in [-0.05, 0) is 12.8 Å². The molecule has 0 aromatic carbocycles. The highest BCUT2D eigenvalue weighted by molar-refractivity contribution is 6.56. The third-order valence-electron chi connectivity index (χ3n) is 3.20. The van der Waals surface area contributed by atoms with Crippen molar-refractivity contribution in [3.8, 4) is 0 Å². The molecular formula is C10H14BNO5. The van der Waals surface area contributed by atoms with E-state index in [1.54, 1.807) is 0 Å². The molecular weight excluding hydrogens is 225 g/mol. The van der Waals surface area contributed by atoms with Crippen LogP contribution in [0.2, 0.25) is 0 Å². The number of ether oxygens (including phenoxy) is 1. The van der Waals surface area contributed by atoms with Crippen LogP contribution in [0.25, 0.3) is 0 Å². The largest absolute Gasteiger partial charge is 0.529 e. The van der Waals surface area contributed by atoms with Gasteiger partial charge >= 0.3 is 13.1 Å². The molecule has 1 heterocycles. The van der Waals surface area contributed by atoms with Crippen molar-refractivity contribution in [2.75, 3.05) is 7.11 Å². The van der Waals surface area contributed by atoms with Gasteiger partial charge in [0.05, 0.1) is 18.7 Å². The first-order valence-electron chi connectivity index (χ1n) is 5.54. The summed E-state index contributed by atoms with van der Waals surface area (Å²) < 4.78 is 9.54. The number of carbonyl (C=O) groups is 1. The highest BCUT2D eigenvalue weighted by Crippen LogP contribution is 2.39. The second kappa shape index (κ2) is 4.89. The number of hydrogen-bond acceptors (Lipinski definition) is 6. The number of methoxy groups -OCH3 is 1. The van der Waals surface area contributed by atoms with Crippen molar-refractivity contribution in [3.05, 3.63) is 11.8 Å². The molecule has 0 spiro atoms. The molecule has 17 heavy (non-hydrogen) atoms. The molecule has 2 N–H and O–H groups in total. The van der Waals surface area contributed by atoms with Crippen molar-refractivity contribution in [1.29, 1.82) is 0 Å². The minimum Gasteiger partial charge on any atom is -0.469 e. The fourth-order valence-corrected chi connectivity index (χ4v) is 2.35. The zero-order valence-corrected chi connectivity index (χ0v) is 9.50. The van der Waals surface area contributed by atoms with Crippen LogP contribution in [0.15, 0.2) is 10.6 Å². The second-order valence-corrected chi connectivity index (χ2v) is 4.19. The van der Waals surface area contributed by atoms with Gasteiger partial charge in [0.1, 0.15) is 0 Å². The van der Waals surface area contributed by atoms with Gasteiger partial charge in [0, 0.05) is 12.0 Å². The monoisotopic (exact) mass is 239 g/mol. The molecule has 2 atom stereocenters. The van der Waals surface area contributed by atoms with Crippen LogP contribution < -0.4 is 5.66 Å². The maximum atomic E-state index is 11.6. The van der Waals surface area contributed by atoms with Crippen LogP contribution in [0.5, 0.6) is 0 Å². The summed E-state index contributed by atoms with van der Waals surface area (Å²) in [5.74, 6) is -0.519. The molecule has 1 aliphatic rings. The summed E-state index contributed by atoms with van der Waals surface area (Å²) in [6.07, 6.45) is 2.52. The van der Waals surface area contributed by atoms with E-state index in [1.807, 2.05) is 0 Å². The van der Waals surface area contributed by atoms with E-state index >= 15 is 0 Å². The molecule has 92 valence electrons. The van der Waals surface area contributed by atoms with Gasteiger partial charge in [-0.3, -0.25) is 4.79 Å². The van der Waals surface area contributed by atoms with Gasteiger partial charge in [-0.25, -0.2) is 0 Å². The lowest BCUT2D eigenvalue weighted by atomic mass is 9.85. The summed E-state index contributed by atoms with van der Waals surface area (Å²) in [7, 11) is -0.308. The van der Waals surface area contributed by atoms with Crippen LogP contribution in [0, 0.1) is 5.92 Å². The molecule has 7 heteroatoms. The van der Waals surface area contributed by atoms with Crippen molar-refractivity contribution in [3.63, 3.8) is 0 Å². The van der Waals surface area contributed by atoms with Crippen molar-refractivity contribution in [2.45, 2.75) is 25.2 Å². The Morgan fingerprint density at radius 1 is 1.59 bits per heavy atom. The smallest absolute Gasteiger partial charge is 0.469 e. The highest BCUT2D eigenvalue weighted by Gasteiger charge is 2.37. The molecule has 0 amide bonds. The van der Waals surface area contributed by atoms with E-state index in [4.69, 9.17) is 19.3 Å². The maximum Gasteiger partial charge on any atom is 0.529 e. The van der Waals surface area contributed by atoms with E-state index in [-0.39, 0.29) is 23.5 Å². The minimum absolute atomic E-state index is 0.00415. The number of carbonyl (C=O) groups excluding carboxylic acids is 1. The van der Waals surface area contributed by atoms with E-state index < -0.39 is 7.12 Å². The van der Waals surface area contributed by atoms with Crippen LogP contribution in [0.4, 0.5) is 0 Å². The standard InChI is InChI=1S/C10H14BNO5/c1-16-10(13)7-4-2-3-6(7)8-5-9(11(14)15)17-12-8/h5-7,14-15H,2-4H2,1H3/t6-,7-/m1/s1. The Kier molecular flexibility index (Phi) is 3.49. The van der Waals surface area contributed by atoms with Crippen molar-refractivity contribution in [2.24, 2.45) is 5.92 Å². The summed E-state index contributed by atoms with van der Waals surface area (Å²) in [5, 5.41) is 21.6. The van der Waals surface area contributed by atoms with Gasteiger partial charge in [-0.1, -0.05) is 11.6 Å². The van der Waals surface area contributed by atoms with Gasteiger partial charge < -0.3 is 19.3 Å². The predicted molar refractivity (Wildman–Crippen MR) is 58.4 cm³/mol. The van der Waals surface area contributed by atoms with Crippen LogP contribution in [-0.4, -0.2) is 35.4 Å². The maximum absolute atomic E-state index is 11.6. The number of aromatic nitrogens is 1. The molecule has 1 saturated carbocycles. The topological polar surface area (TPSA) is 92.8 Å². The Morgan fingerprint density at radius 3 is 2.94 bits per heavy atom. The first-order valence-corrected chi connectivity index (χ1v) is 5.54. The van der Waals surface area contributed by atoms with Crippen LogP contribution in [0.3, 0.4) is 0 Å². The third kappa shape index (κ3) is 2.35. The van der Waals surface area contributed by atoms with E-state index in [0.29, 0.717) is 5.69 Å². The molecule has 0 bridgehead atoms. The molecule has 0 saturated heterocycles. The summed E-state index contributed by atoms with van der Waals surface area (Å²) in [6.45, 7) is 0. The van der Waals surface area contributed by atoms with Gasteiger partial charge in [0.15, 0.2) is 5.66 Å².